The predicted octanol–water partition coefficient (Wildman–Crippen LogP) is 3.15. The molecule has 0 spiro atoms. The van der Waals surface area contributed by atoms with Crippen LogP contribution in [-0.4, -0.2) is 56.7 Å². The maximum absolute atomic E-state index is 13.7. The number of piperidine rings is 1. The summed E-state index contributed by atoms with van der Waals surface area (Å²) in [5.74, 6) is -0.0444. The quantitative estimate of drug-likeness (QED) is 0.486. The number of sulfonamides is 1. The van der Waals surface area contributed by atoms with Gasteiger partial charge in [0, 0.05) is 38.6 Å². The Bertz CT molecular complexity index is 1400. The van der Waals surface area contributed by atoms with Crippen LogP contribution in [0.15, 0.2) is 29.6 Å². The summed E-state index contributed by atoms with van der Waals surface area (Å²) in [6, 6.07) is 2.90. The van der Waals surface area contributed by atoms with Gasteiger partial charge in [-0.1, -0.05) is 0 Å². The van der Waals surface area contributed by atoms with Crippen molar-refractivity contribution < 1.29 is 26.7 Å². The van der Waals surface area contributed by atoms with Crippen molar-refractivity contribution >= 4 is 27.3 Å². The Labute approximate surface area is 209 Å². The van der Waals surface area contributed by atoms with Gasteiger partial charge in [-0.3, -0.25) is 4.68 Å². The molecular weight excluding hydrogens is 519 g/mol. The standard InChI is InChI=1S/C21H22F3N7O3S2/c1-12(32)19-13(8-25)7-17(35-19)18-16(21(22,23)24)10-26-20(29-18)28-14-3-5-31(6-4-14)36(33,34)15-9-27-30(2)11-15/h7,9-12,14,32H,3-6H2,1-2H3,(H,26,28,29). The van der Waals surface area contributed by atoms with Crippen LogP contribution in [0, 0.1) is 11.3 Å². The fourth-order valence-electron chi connectivity index (χ4n) is 3.87. The Morgan fingerprint density at radius 3 is 2.53 bits per heavy atom. The van der Waals surface area contributed by atoms with Crippen molar-refractivity contribution in [3.05, 3.63) is 40.7 Å². The molecule has 10 nitrogen and oxygen atoms in total. The number of halogens is 3. The van der Waals surface area contributed by atoms with Gasteiger partial charge in [0.1, 0.15) is 16.5 Å². The molecule has 1 aliphatic heterocycles. The lowest BCUT2D eigenvalue weighted by atomic mass is 10.1. The SMILES string of the molecule is CC(O)c1sc(-c2nc(NC3CCN(S(=O)(=O)c4cnn(C)c4)CC3)ncc2C(F)(F)F)cc1C#N. The monoisotopic (exact) mass is 541 g/mol. The van der Waals surface area contributed by atoms with Crippen LogP contribution in [0.3, 0.4) is 0 Å². The fourth-order valence-corrected chi connectivity index (χ4v) is 6.38. The van der Waals surface area contributed by atoms with Crippen LogP contribution in [0.5, 0.6) is 0 Å². The van der Waals surface area contributed by atoms with E-state index in [2.05, 4.69) is 20.4 Å². The number of hydrogen-bond donors (Lipinski definition) is 2. The second-order valence-electron chi connectivity index (χ2n) is 8.30. The highest BCUT2D eigenvalue weighted by Gasteiger charge is 2.37. The average Bonchev–Trinajstić information content (AvgIpc) is 3.45. The Morgan fingerprint density at radius 1 is 1.31 bits per heavy atom. The van der Waals surface area contributed by atoms with Gasteiger partial charge < -0.3 is 10.4 Å². The lowest BCUT2D eigenvalue weighted by Crippen LogP contribution is -2.42. The van der Waals surface area contributed by atoms with Gasteiger partial charge in [-0.25, -0.2) is 18.4 Å². The van der Waals surface area contributed by atoms with E-state index in [0.717, 1.165) is 11.3 Å². The summed E-state index contributed by atoms with van der Waals surface area (Å²) in [6.07, 6.45) is -1.60. The van der Waals surface area contributed by atoms with E-state index in [1.54, 1.807) is 7.05 Å². The van der Waals surface area contributed by atoms with Crippen molar-refractivity contribution in [1.82, 2.24) is 24.1 Å². The lowest BCUT2D eigenvalue weighted by Gasteiger charge is -2.31. The number of nitriles is 1. The minimum absolute atomic E-state index is 0.0444. The first-order valence-electron chi connectivity index (χ1n) is 10.8. The fraction of sp³-hybridized carbons (Fsp3) is 0.429. The Morgan fingerprint density at radius 2 is 2.00 bits per heavy atom. The number of aromatic nitrogens is 4. The summed E-state index contributed by atoms with van der Waals surface area (Å²) >= 11 is 0.862. The number of anilines is 1. The minimum atomic E-state index is -4.73. The van der Waals surface area contributed by atoms with Gasteiger partial charge in [0.15, 0.2) is 0 Å². The number of aliphatic hydroxyl groups is 1. The molecule has 1 unspecified atom stereocenters. The van der Waals surface area contributed by atoms with E-state index in [-0.39, 0.29) is 45.3 Å². The summed E-state index contributed by atoms with van der Waals surface area (Å²) < 4.78 is 69.4. The Kier molecular flexibility index (Phi) is 7.06. The van der Waals surface area contributed by atoms with Gasteiger partial charge >= 0.3 is 6.18 Å². The highest BCUT2D eigenvalue weighted by Crippen LogP contribution is 2.41. The molecule has 0 radical (unpaired) electrons. The van der Waals surface area contributed by atoms with E-state index in [1.165, 1.54) is 34.4 Å². The zero-order valence-corrected chi connectivity index (χ0v) is 20.8. The molecule has 0 aliphatic carbocycles. The lowest BCUT2D eigenvalue weighted by molar-refractivity contribution is -0.137. The Balaban J connectivity index is 1.55. The largest absolute Gasteiger partial charge is 0.420 e. The maximum Gasteiger partial charge on any atom is 0.420 e. The van der Waals surface area contributed by atoms with Crippen molar-refractivity contribution in [2.24, 2.45) is 7.05 Å². The summed E-state index contributed by atoms with van der Waals surface area (Å²) in [7, 11) is -2.07. The third-order valence-electron chi connectivity index (χ3n) is 5.69. The third kappa shape index (κ3) is 5.21. The molecule has 36 heavy (non-hydrogen) atoms. The highest BCUT2D eigenvalue weighted by atomic mass is 32.2. The van der Waals surface area contributed by atoms with E-state index in [4.69, 9.17) is 0 Å². The molecule has 1 saturated heterocycles. The van der Waals surface area contributed by atoms with Crippen LogP contribution >= 0.6 is 11.3 Å². The third-order valence-corrected chi connectivity index (χ3v) is 8.86. The first kappa shape index (κ1) is 26.0. The number of aryl methyl sites for hydroxylation is 1. The van der Waals surface area contributed by atoms with Crippen molar-refractivity contribution in [3.63, 3.8) is 0 Å². The molecule has 1 fully saturated rings. The summed E-state index contributed by atoms with van der Waals surface area (Å²) in [5, 5.41) is 26.1. The van der Waals surface area contributed by atoms with E-state index < -0.39 is 33.6 Å². The van der Waals surface area contributed by atoms with Gasteiger partial charge in [-0.2, -0.15) is 27.8 Å². The second-order valence-corrected chi connectivity index (χ2v) is 11.3. The van der Waals surface area contributed by atoms with Crippen molar-refractivity contribution in [1.29, 1.82) is 5.26 Å². The van der Waals surface area contributed by atoms with Crippen molar-refractivity contribution in [2.45, 2.75) is 43.0 Å². The number of rotatable bonds is 6. The van der Waals surface area contributed by atoms with Crippen molar-refractivity contribution in [2.75, 3.05) is 18.4 Å². The molecule has 0 amide bonds. The number of alkyl halides is 3. The number of thiophene rings is 1. The molecule has 3 aromatic heterocycles. The number of nitrogens with one attached hydrogen (secondary N) is 1. The number of aliphatic hydroxyl groups excluding tert-OH is 1. The maximum atomic E-state index is 13.7. The first-order valence-corrected chi connectivity index (χ1v) is 13.1. The van der Waals surface area contributed by atoms with E-state index in [9.17, 15) is 32.0 Å². The second kappa shape index (κ2) is 9.77. The predicted molar refractivity (Wildman–Crippen MR) is 124 cm³/mol. The highest BCUT2D eigenvalue weighted by molar-refractivity contribution is 7.89. The molecule has 3 aromatic rings. The molecule has 0 saturated carbocycles. The average molecular weight is 542 g/mol. The summed E-state index contributed by atoms with van der Waals surface area (Å²) in [5.41, 5.74) is -1.38. The summed E-state index contributed by atoms with van der Waals surface area (Å²) in [6.45, 7) is 1.84. The molecular formula is C21H22F3N7O3S2. The Hall–Kier alpha value is -3.06. The van der Waals surface area contributed by atoms with Gasteiger partial charge in [-0.05, 0) is 25.8 Å². The van der Waals surface area contributed by atoms with Crippen LogP contribution in [0.2, 0.25) is 0 Å². The van der Waals surface area contributed by atoms with E-state index in [1.807, 2.05) is 6.07 Å². The van der Waals surface area contributed by atoms with Gasteiger partial charge in [0.2, 0.25) is 16.0 Å². The van der Waals surface area contributed by atoms with Gasteiger partial charge in [0.05, 0.1) is 33.3 Å². The molecule has 0 bridgehead atoms. The molecule has 2 N–H and O–H groups in total. The first-order chi connectivity index (χ1) is 16.9. The van der Waals surface area contributed by atoms with Crippen LogP contribution < -0.4 is 5.32 Å². The zero-order chi connectivity index (χ0) is 26.3. The summed E-state index contributed by atoms with van der Waals surface area (Å²) in [4.78, 5) is 8.36. The molecule has 4 heterocycles. The number of hydrogen-bond acceptors (Lipinski definition) is 9. The molecule has 1 aliphatic rings. The molecule has 1 atom stereocenters. The molecule has 4 rings (SSSR count). The van der Waals surface area contributed by atoms with E-state index in [0.29, 0.717) is 19.0 Å². The van der Waals surface area contributed by atoms with Crippen LogP contribution in [0.1, 0.15) is 41.9 Å². The normalized spacial score (nSPS) is 16.6. The van der Waals surface area contributed by atoms with Crippen LogP contribution in [-0.2, 0) is 23.2 Å². The van der Waals surface area contributed by atoms with Crippen molar-refractivity contribution in [3.8, 4) is 16.6 Å². The smallest absolute Gasteiger partial charge is 0.388 e. The van der Waals surface area contributed by atoms with Crippen LogP contribution in [0.4, 0.5) is 19.1 Å². The molecule has 15 heteroatoms. The van der Waals surface area contributed by atoms with Gasteiger partial charge in [-0.15, -0.1) is 11.3 Å². The topological polar surface area (TPSA) is 137 Å². The number of nitrogens with zero attached hydrogens (tertiary/aromatic N) is 6. The molecule has 0 aromatic carbocycles. The van der Waals surface area contributed by atoms with Gasteiger partial charge in [0.25, 0.3) is 0 Å². The zero-order valence-electron chi connectivity index (χ0n) is 19.2. The van der Waals surface area contributed by atoms with E-state index >= 15 is 0 Å². The molecule has 192 valence electrons. The minimum Gasteiger partial charge on any atom is -0.388 e. The van der Waals surface area contributed by atoms with Crippen LogP contribution in [0.25, 0.3) is 10.6 Å².